The summed E-state index contributed by atoms with van der Waals surface area (Å²) in [6.45, 7) is 3.79. The lowest BCUT2D eigenvalue weighted by Gasteiger charge is -2.38. The van der Waals surface area contributed by atoms with Crippen LogP contribution in [0.2, 0.25) is 0 Å². The maximum absolute atomic E-state index is 11.5. The predicted octanol–water partition coefficient (Wildman–Crippen LogP) is -1.03. The molecule has 1 saturated heterocycles. The molecule has 2 aromatic heterocycles. The van der Waals surface area contributed by atoms with Gasteiger partial charge in [-0.05, 0) is 19.1 Å². The fraction of sp³-hybridized carbons (Fsp3) is 0.545. The minimum Gasteiger partial charge on any atom is -0.373 e. The molecule has 102 valence electrons. The maximum Gasteiger partial charge on any atom is 0.364 e. The number of nitrogens with zero attached hydrogens (tertiary/aromatic N) is 4. The van der Waals surface area contributed by atoms with Gasteiger partial charge in [0.2, 0.25) is 0 Å². The van der Waals surface area contributed by atoms with Crippen molar-refractivity contribution in [1.29, 1.82) is 0 Å². The molecule has 3 N–H and O–H groups in total. The van der Waals surface area contributed by atoms with Gasteiger partial charge in [0.1, 0.15) is 5.82 Å². The summed E-state index contributed by atoms with van der Waals surface area (Å²) in [6.07, 6.45) is -0.00484. The first-order valence-corrected chi connectivity index (χ1v) is 6.22. The second-order valence-corrected chi connectivity index (χ2v) is 4.68. The third-order valence-electron chi connectivity index (χ3n) is 3.32. The number of H-pyrrole nitrogens is 1. The van der Waals surface area contributed by atoms with E-state index in [1.165, 1.54) is 4.52 Å². The number of ether oxygens (including phenoxy) is 1. The van der Waals surface area contributed by atoms with Crippen LogP contribution in [-0.4, -0.2) is 51.7 Å². The highest BCUT2D eigenvalue weighted by Crippen LogP contribution is 2.19. The average molecular weight is 264 g/mol. The number of hydrogen-bond acceptors (Lipinski definition) is 6. The quantitative estimate of drug-likeness (QED) is 0.719. The smallest absolute Gasteiger partial charge is 0.364 e. The summed E-state index contributed by atoms with van der Waals surface area (Å²) in [4.78, 5) is 13.6. The molecule has 0 radical (unpaired) electrons. The first-order chi connectivity index (χ1) is 9.19. The van der Waals surface area contributed by atoms with Crippen molar-refractivity contribution < 1.29 is 4.74 Å². The van der Waals surface area contributed by atoms with Crippen LogP contribution in [-0.2, 0) is 4.74 Å². The van der Waals surface area contributed by atoms with Gasteiger partial charge in [-0.1, -0.05) is 0 Å². The van der Waals surface area contributed by atoms with Gasteiger partial charge in [0, 0.05) is 13.1 Å². The Balaban J connectivity index is 1.97. The third-order valence-corrected chi connectivity index (χ3v) is 3.32. The van der Waals surface area contributed by atoms with Gasteiger partial charge in [0.25, 0.3) is 0 Å². The van der Waals surface area contributed by atoms with Crippen LogP contribution in [0.15, 0.2) is 16.9 Å². The van der Waals surface area contributed by atoms with Crippen molar-refractivity contribution in [2.45, 2.75) is 19.1 Å². The lowest BCUT2D eigenvalue weighted by atomic mass is 10.2. The van der Waals surface area contributed by atoms with Gasteiger partial charge in [0.05, 0.1) is 18.8 Å². The fourth-order valence-electron chi connectivity index (χ4n) is 2.23. The first kappa shape index (κ1) is 12.1. The summed E-state index contributed by atoms with van der Waals surface area (Å²) in [5.74, 6) is 0.727. The van der Waals surface area contributed by atoms with Crippen molar-refractivity contribution in [3.63, 3.8) is 0 Å². The van der Waals surface area contributed by atoms with E-state index in [0.29, 0.717) is 25.3 Å². The van der Waals surface area contributed by atoms with Gasteiger partial charge in [0.15, 0.2) is 5.65 Å². The molecule has 2 unspecified atom stereocenters. The molecule has 0 spiro atoms. The van der Waals surface area contributed by atoms with Crippen LogP contribution >= 0.6 is 0 Å². The molecule has 8 heteroatoms. The van der Waals surface area contributed by atoms with Gasteiger partial charge in [-0.3, -0.25) is 0 Å². The van der Waals surface area contributed by atoms with Crippen molar-refractivity contribution in [2.75, 3.05) is 24.6 Å². The Morgan fingerprint density at radius 2 is 2.42 bits per heavy atom. The first-order valence-electron chi connectivity index (χ1n) is 6.22. The second kappa shape index (κ2) is 4.63. The minimum absolute atomic E-state index is 0.00484. The Labute approximate surface area is 109 Å². The Morgan fingerprint density at radius 3 is 3.21 bits per heavy atom. The summed E-state index contributed by atoms with van der Waals surface area (Å²) in [5.41, 5.74) is 5.81. The van der Waals surface area contributed by atoms with Crippen molar-refractivity contribution in [1.82, 2.24) is 19.8 Å². The molecule has 0 aromatic carbocycles. The number of fused-ring (bicyclic) bond motifs is 1. The zero-order valence-corrected chi connectivity index (χ0v) is 10.6. The van der Waals surface area contributed by atoms with Crippen molar-refractivity contribution in [2.24, 2.45) is 5.73 Å². The van der Waals surface area contributed by atoms with Gasteiger partial charge in [-0.25, -0.2) is 9.89 Å². The van der Waals surface area contributed by atoms with Crippen molar-refractivity contribution >= 4 is 11.5 Å². The molecule has 0 saturated carbocycles. The van der Waals surface area contributed by atoms with Crippen LogP contribution in [0, 0.1) is 0 Å². The van der Waals surface area contributed by atoms with E-state index in [1.54, 1.807) is 6.07 Å². The second-order valence-electron chi connectivity index (χ2n) is 4.68. The maximum atomic E-state index is 11.5. The molecule has 0 amide bonds. The van der Waals surface area contributed by atoms with Crippen molar-refractivity contribution in [3.05, 3.63) is 22.6 Å². The van der Waals surface area contributed by atoms with E-state index in [4.69, 9.17) is 10.5 Å². The Morgan fingerprint density at radius 1 is 1.58 bits per heavy atom. The van der Waals surface area contributed by atoms with Crippen LogP contribution in [0.3, 0.4) is 0 Å². The number of anilines is 1. The summed E-state index contributed by atoms with van der Waals surface area (Å²) < 4.78 is 6.86. The van der Waals surface area contributed by atoms with E-state index >= 15 is 0 Å². The molecular formula is C11H16N6O2. The van der Waals surface area contributed by atoms with Crippen LogP contribution in [0.4, 0.5) is 5.82 Å². The summed E-state index contributed by atoms with van der Waals surface area (Å²) >= 11 is 0. The largest absolute Gasteiger partial charge is 0.373 e. The molecule has 0 aliphatic carbocycles. The summed E-state index contributed by atoms with van der Waals surface area (Å²) in [6, 6.07) is 3.81. The van der Waals surface area contributed by atoms with E-state index in [1.807, 2.05) is 6.07 Å². The van der Waals surface area contributed by atoms with Crippen molar-refractivity contribution in [3.8, 4) is 0 Å². The highest BCUT2D eigenvalue weighted by atomic mass is 16.5. The number of aromatic amines is 1. The zero-order chi connectivity index (χ0) is 13.4. The third kappa shape index (κ3) is 2.08. The van der Waals surface area contributed by atoms with E-state index in [0.717, 1.165) is 5.82 Å². The number of rotatable bonds is 2. The monoisotopic (exact) mass is 264 g/mol. The molecule has 19 heavy (non-hydrogen) atoms. The Hall–Kier alpha value is -1.93. The number of nitrogens with one attached hydrogen (secondary N) is 1. The zero-order valence-electron chi connectivity index (χ0n) is 10.6. The van der Waals surface area contributed by atoms with Crippen LogP contribution in [0.1, 0.15) is 6.92 Å². The van der Waals surface area contributed by atoms with E-state index < -0.39 is 0 Å². The highest BCUT2D eigenvalue weighted by Gasteiger charge is 2.26. The van der Waals surface area contributed by atoms with Crippen LogP contribution in [0.25, 0.3) is 5.65 Å². The van der Waals surface area contributed by atoms with Gasteiger partial charge >= 0.3 is 5.69 Å². The molecule has 0 bridgehead atoms. The lowest BCUT2D eigenvalue weighted by Crippen LogP contribution is -2.51. The molecule has 3 heterocycles. The van der Waals surface area contributed by atoms with Gasteiger partial charge < -0.3 is 15.4 Å². The topological polar surface area (TPSA) is 102 Å². The molecule has 3 rings (SSSR count). The normalized spacial score (nSPS) is 24.0. The molecule has 8 nitrogen and oxygen atoms in total. The highest BCUT2D eigenvalue weighted by molar-refractivity contribution is 5.46. The Kier molecular flexibility index (Phi) is 2.96. The van der Waals surface area contributed by atoms with E-state index in [-0.39, 0.29) is 17.8 Å². The molecule has 1 fully saturated rings. The average Bonchev–Trinajstić information content (AvgIpc) is 2.81. The van der Waals surface area contributed by atoms with Crippen LogP contribution in [0.5, 0.6) is 0 Å². The fourth-order valence-corrected chi connectivity index (χ4v) is 2.23. The van der Waals surface area contributed by atoms with Gasteiger partial charge in [-0.2, -0.15) is 9.61 Å². The molecular weight excluding hydrogens is 248 g/mol. The summed E-state index contributed by atoms with van der Waals surface area (Å²) in [7, 11) is 0. The molecule has 2 atom stereocenters. The standard InChI is InChI=1S/C11H16N6O2/c1-7-6-19-8(4-12)5-16(7)10-3-2-9-13-14-11(18)17(9)15-10/h2-3,7-8H,4-6,12H2,1H3,(H,14,18). The van der Waals surface area contributed by atoms with E-state index in [2.05, 4.69) is 27.1 Å². The summed E-state index contributed by atoms with van der Waals surface area (Å²) in [5, 5.41) is 10.5. The van der Waals surface area contributed by atoms with Crippen LogP contribution < -0.4 is 16.3 Å². The predicted molar refractivity (Wildman–Crippen MR) is 69.2 cm³/mol. The van der Waals surface area contributed by atoms with Gasteiger partial charge in [-0.15, -0.1) is 5.10 Å². The lowest BCUT2D eigenvalue weighted by molar-refractivity contribution is 0.0279. The number of hydrogen-bond donors (Lipinski definition) is 2. The number of morpholine rings is 1. The molecule has 2 aromatic rings. The minimum atomic E-state index is -0.340. The molecule has 1 aliphatic rings. The Bertz CT molecular complexity index is 635. The number of aromatic nitrogens is 4. The molecule has 1 aliphatic heterocycles. The SMILES string of the molecule is CC1COC(CN)CN1c1ccc2n[nH]c(=O)n2n1. The number of nitrogens with two attached hydrogens (primary N) is 1. The van der Waals surface area contributed by atoms with E-state index in [9.17, 15) is 4.79 Å².